The second-order valence-electron chi connectivity index (χ2n) is 5.55. The summed E-state index contributed by atoms with van der Waals surface area (Å²) < 4.78 is 0.989. The fraction of sp³-hybridized carbons (Fsp3) is 0.375. The number of nitrogens with zero attached hydrogens (tertiary/aromatic N) is 1. The van der Waals surface area contributed by atoms with Gasteiger partial charge in [-0.1, -0.05) is 23.7 Å². The molecule has 0 amide bonds. The minimum absolute atomic E-state index is 0.375. The largest absolute Gasteiger partial charge is 0.271 e. The monoisotopic (exact) mass is 260 g/mol. The fourth-order valence-electron chi connectivity index (χ4n) is 2.98. The first-order valence-corrected chi connectivity index (χ1v) is 7.05. The lowest BCUT2D eigenvalue weighted by atomic mass is 9.94. The van der Waals surface area contributed by atoms with Crippen molar-refractivity contribution >= 4 is 11.6 Å². The smallest absolute Gasteiger partial charge is 0.101 e. The minimum Gasteiger partial charge on any atom is -0.271 e. The molecule has 0 aromatic heterocycles. The first-order chi connectivity index (χ1) is 8.68. The van der Waals surface area contributed by atoms with Gasteiger partial charge < -0.3 is 0 Å². The molecule has 0 atom stereocenters. The lowest BCUT2D eigenvalue weighted by Gasteiger charge is -2.32. The molecule has 1 aliphatic heterocycles. The summed E-state index contributed by atoms with van der Waals surface area (Å²) in [6, 6.07) is 8.43. The van der Waals surface area contributed by atoms with Gasteiger partial charge in [0.25, 0.3) is 0 Å². The zero-order chi connectivity index (χ0) is 12.6. The van der Waals surface area contributed by atoms with Gasteiger partial charge in [-0.15, -0.1) is 0 Å². The molecular weight excluding hydrogens is 242 g/mol. The maximum Gasteiger partial charge on any atom is 0.101 e. The van der Waals surface area contributed by atoms with Crippen molar-refractivity contribution in [1.82, 2.24) is 0 Å². The molecule has 0 N–H and O–H groups in total. The van der Waals surface area contributed by atoms with Gasteiger partial charge in [0.1, 0.15) is 12.4 Å². The van der Waals surface area contributed by atoms with E-state index in [9.17, 15) is 0 Å². The molecule has 0 spiro atoms. The van der Waals surface area contributed by atoms with Crippen LogP contribution in [0.3, 0.4) is 0 Å². The number of benzene rings is 1. The van der Waals surface area contributed by atoms with Gasteiger partial charge in [0, 0.05) is 10.4 Å². The van der Waals surface area contributed by atoms with Crippen molar-refractivity contribution in [3.05, 3.63) is 59.4 Å². The van der Waals surface area contributed by atoms with Crippen molar-refractivity contribution in [1.29, 1.82) is 0 Å². The van der Waals surface area contributed by atoms with Crippen molar-refractivity contribution in [2.24, 2.45) is 0 Å². The zero-order valence-electron chi connectivity index (χ0n) is 10.8. The number of likely N-dealkylation sites (N-methyl/N-ethyl adjacent to an activating group) is 1. The molecule has 2 aliphatic rings. The summed E-state index contributed by atoms with van der Waals surface area (Å²) in [5.41, 5.74) is 1.83. The third-order valence-corrected chi connectivity index (χ3v) is 4.62. The highest BCUT2D eigenvalue weighted by Crippen LogP contribution is 2.50. The second-order valence-corrected chi connectivity index (χ2v) is 5.98. The van der Waals surface area contributed by atoms with E-state index in [4.69, 9.17) is 11.6 Å². The average Bonchev–Trinajstić information content (AvgIpc) is 3.00. The first-order valence-electron chi connectivity index (χ1n) is 6.68. The van der Waals surface area contributed by atoms with Gasteiger partial charge in [0.05, 0.1) is 13.1 Å². The van der Waals surface area contributed by atoms with E-state index in [1.54, 1.807) is 0 Å². The van der Waals surface area contributed by atoms with E-state index in [0.29, 0.717) is 5.41 Å². The average molecular weight is 261 g/mol. The molecule has 1 fully saturated rings. The molecule has 0 bridgehead atoms. The molecular formula is C16H19ClN+. The first kappa shape index (κ1) is 12.0. The molecule has 0 unspecified atom stereocenters. The Bertz CT molecular complexity index is 482. The quantitative estimate of drug-likeness (QED) is 0.710. The van der Waals surface area contributed by atoms with Crippen LogP contribution in [0.15, 0.2) is 48.8 Å². The van der Waals surface area contributed by atoms with E-state index in [-0.39, 0.29) is 0 Å². The Balaban J connectivity index is 1.85. The molecule has 0 radical (unpaired) electrons. The summed E-state index contributed by atoms with van der Waals surface area (Å²) in [7, 11) is 0. The molecule has 18 heavy (non-hydrogen) atoms. The van der Waals surface area contributed by atoms with Crippen molar-refractivity contribution in [3.8, 4) is 0 Å². The summed E-state index contributed by atoms with van der Waals surface area (Å²) in [6.45, 7) is 4.57. The van der Waals surface area contributed by atoms with Crippen molar-refractivity contribution in [2.45, 2.75) is 25.2 Å². The number of rotatable bonds is 4. The lowest BCUT2D eigenvalue weighted by Crippen LogP contribution is -2.42. The predicted octanol–water partition coefficient (Wildman–Crippen LogP) is 4.25. The summed E-state index contributed by atoms with van der Waals surface area (Å²) in [5.74, 6) is 0. The van der Waals surface area contributed by atoms with E-state index in [1.807, 2.05) is 12.1 Å². The third kappa shape index (κ3) is 2.02. The maximum atomic E-state index is 5.98. The molecule has 0 saturated heterocycles. The van der Waals surface area contributed by atoms with Crippen LogP contribution in [-0.4, -0.2) is 17.6 Å². The van der Waals surface area contributed by atoms with Crippen LogP contribution in [0, 0.1) is 0 Å². The second kappa shape index (κ2) is 4.25. The van der Waals surface area contributed by atoms with Crippen LogP contribution in [-0.2, 0) is 5.41 Å². The molecule has 3 rings (SSSR count). The number of hydrogen-bond acceptors (Lipinski definition) is 0. The standard InChI is InChI=1S/C16H19ClN/c1-2-18(11-3-4-12-18)13-16(9-10-16)14-5-7-15(17)8-6-14/h3-8,11-12H,2,9-10,13H2,1H3/q+1. The van der Waals surface area contributed by atoms with Crippen LogP contribution in [0.25, 0.3) is 0 Å². The Hall–Kier alpha value is -1.05. The van der Waals surface area contributed by atoms with E-state index >= 15 is 0 Å². The molecule has 1 aliphatic carbocycles. The van der Waals surface area contributed by atoms with Gasteiger partial charge in [-0.2, -0.15) is 0 Å². The van der Waals surface area contributed by atoms with Gasteiger partial charge in [0.15, 0.2) is 0 Å². The summed E-state index contributed by atoms with van der Waals surface area (Å²) in [4.78, 5) is 0. The molecule has 1 aromatic carbocycles. The van der Waals surface area contributed by atoms with Gasteiger partial charge in [-0.25, -0.2) is 0 Å². The topological polar surface area (TPSA) is 0 Å². The van der Waals surface area contributed by atoms with Crippen LogP contribution in [0.1, 0.15) is 25.3 Å². The molecule has 2 heteroatoms. The summed E-state index contributed by atoms with van der Waals surface area (Å²) in [5, 5.41) is 0.829. The number of hydrogen-bond donors (Lipinski definition) is 0. The molecule has 1 saturated carbocycles. The minimum atomic E-state index is 0.375. The van der Waals surface area contributed by atoms with Crippen LogP contribution in [0.5, 0.6) is 0 Å². The Morgan fingerprint density at radius 2 is 1.72 bits per heavy atom. The van der Waals surface area contributed by atoms with Crippen LogP contribution in [0.4, 0.5) is 0 Å². The van der Waals surface area contributed by atoms with Crippen molar-refractivity contribution in [2.75, 3.05) is 13.1 Å². The van der Waals surface area contributed by atoms with E-state index < -0.39 is 0 Å². The highest BCUT2D eigenvalue weighted by atomic mass is 35.5. The van der Waals surface area contributed by atoms with Crippen molar-refractivity contribution < 1.29 is 4.48 Å². The molecule has 1 aromatic rings. The van der Waals surface area contributed by atoms with Gasteiger partial charge in [0.2, 0.25) is 0 Å². The maximum absolute atomic E-state index is 5.98. The van der Waals surface area contributed by atoms with Crippen LogP contribution < -0.4 is 0 Å². The number of halogens is 1. The molecule has 1 nitrogen and oxygen atoms in total. The van der Waals surface area contributed by atoms with Crippen LogP contribution in [0.2, 0.25) is 5.02 Å². The van der Waals surface area contributed by atoms with Gasteiger partial charge in [-0.3, -0.25) is 4.48 Å². The SMILES string of the molecule is CC[N+]1(CC2(c3ccc(Cl)cc3)CC2)C=CC=C1. The highest BCUT2D eigenvalue weighted by Gasteiger charge is 2.50. The number of allylic oxidation sites excluding steroid dienone is 2. The summed E-state index contributed by atoms with van der Waals surface area (Å²) in [6.07, 6.45) is 11.6. The van der Waals surface area contributed by atoms with Crippen molar-refractivity contribution in [3.63, 3.8) is 0 Å². The fourth-order valence-corrected chi connectivity index (χ4v) is 3.10. The Kier molecular flexibility index (Phi) is 2.84. The van der Waals surface area contributed by atoms with E-state index in [2.05, 4.69) is 43.6 Å². The Morgan fingerprint density at radius 1 is 1.11 bits per heavy atom. The summed E-state index contributed by atoms with van der Waals surface area (Å²) >= 11 is 5.98. The molecule has 1 heterocycles. The van der Waals surface area contributed by atoms with Gasteiger partial charge in [-0.05, 0) is 49.6 Å². The predicted molar refractivity (Wildman–Crippen MR) is 76.3 cm³/mol. The molecule has 94 valence electrons. The van der Waals surface area contributed by atoms with E-state index in [0.717, 1.165) is 16.1 Å². The van der Waals surface area contributed by atoms with Crippen LogP contribution >= 0.6 is 11.6 Å². The zero-order valence-corrected chi connectivity index (χ0v) is 11.5. The Labute approximate surface area is 114 Å². The lowest BCUT2D eigenvalue weighted by molar-refractivity contribution is -0.826. The highest BCUT2D eigenvalue weighted by molar-refractivity contribution is 6.30. The Morgan fingerprint density at radius 3 is 2.22 bits per heavy atom. The normalized spacial score (nSPS) is 22.3. The number of quaternary nitrogens is 1. The third-order valence-electron chi connectivity index (χ3n) is 4.37. The van der Waals surface area contributed by atoms with Gasteiger partial charge >= 0.3 is 0 Å². The van der Waals surface area contributed by atoms with E-state index in [1.165, 1.54) is 24.9 Å².